The zero-order valence-electron chi connectivity index (χ0n) is 19.1. The average Bonchev–Trinajstić information content (AvgIpc) is 3.56. The number of nitrogens with zero attached hydrogens (tertiary/aromatic N) is 2. The van der Waals surface area contributed by atoms with Crippen molar-refractivity contribution >= 4 is 46.4 Å². The van der Waals surface area contributed by atoms with Gasteiger partial charge in [0.25, 0.3) is 5.91 Å². The number of halogens is 2. The molecule has 2 fully saturated rings. The fourth-order valence-corrected chi connectivity index (χ4v) is 5.25. The Kier molecular flexibility index (Phi) is 5.60. The number of aryl methyl sites for hydroxylation is 1. The molecule has 6 nitrogen and oxygen atoms in total. The molecule has 0 radical (unpaired) electrons. The van der Waals surface area contributed by atoms with Gasteiger partial charge in [0.2, 0.25) is 5.91 Å². The summed E-state index contributed by atoms with van der Waals surface area (Å²) in [6.45, 7) is 1.91. The molecule has 1 aromatic heterocycles. The minimum Gasteiger partial charge on any atom is -0.459 e. The van der Waals surface area contributed by atoms with E-state index < -0.39 is 24.0 Å². The van der Waals surface area contributed by atoms with Crippen LogP contribution in [0.25, 0.3) is 11.3 Å². The normalized spacial score (nSPS) is 21.4. The Morgan fingerprint density at radius 1 is 0.806 bits per heavy atom. The lowest BCUT2D eigenvalue weighted by Crippen LogP contribution is -2.37. The van der Waals surface area contributed by atoms with Crippen molar-refractivity contribution in [3.8, 4) is 11.3 Å². The second-order valence-corrected chi connectivity index (χ2v) is 9.68. The quantitative estimate of drug-likeness (QED) is 0.284. The van der Waals surface area contributed by atoms with E-state index in [0.29, 0.717) is 38.5 Å². The predicted octanol–water partition coefficient (Wildman–Crippen LogP) is 6.61. The van der Waals surface area contributed by atoms with Gasteiger partial charge in [-0.15, -0.1) is 0 Å². The number of benzene rings is 3. The molecule has 3 atom stereocenters. The molecule has 2 amide bonds. The summed E-state index contributed by atoms with van der Waals surface area (Å²) in [6, 6.07) is 24.7. The average molecular weight is 519 g/mol. The van der Waals surface area contributed by atoms with Crippen LogP contribution in [0.4, 0.5) is 11.4 Å². The number of fused-ring (bicyclic) bond motifs is 1. The van der Waals surface area contributed by atoms with Gasteiger partial charge < -0.3 is 4.42 Å². The molecule has 180 valence electrons. The van der Waals surface area contributed by atoms with Crippen molar-refractivity contribution in [2.45, 2.75) is 19.1 Å². The number of hydroxylamine groups is 1. The van der Waals surface area contributed by atoms with E-state index in [1.165, 1.54) is 4.90 Å². The van der Waals surface area contributed by atoms with Crippen molar-refractivity contribution in [1.29, 1.82) is 0 Å². The third-order valence-electron chi connectivity index (χ3n) is 6.50. The van der Waals surface area contributed by atoms with E-state index in [2.05, 4.69) is 0 Å². The summed E-state index contributed by atoms with van der Waals surface area (Å²) in [7, 11) is 0. The summed E-state index contributed by atoms with van der Waals surface area (Å²) < 4.78 is 6.25. The first kappa shape index (κ1) is 22.9. The summed E-state index contributed by atoms with van der Waals surface area (Å²) in [6.07, 6.45) is -0.980. The van der Waals surface area contributed by atoms with Crippen molar-refractivity contribution in [2.75, 3.05) is 9.96 Å². The minimum absolute atomic E-state index is 0.335. The van der Waals surface area contributed by atoms with Gasteiger partial charge in [-0.25, -0.2) is 9.96 Å². The van der Waals surface area contributed by atoms with E-state index >= 15 is 0 Å². The molecular formula is C28H20Cl2N2O4. The molecule has 0 saturated carbocycles. The number of amides is 2. The molecule has 2 saturated heterocycles. The van der Waals surface area contributed by atoms with Gasteiger partial charge >= 0.3 is 0 Å². The van der Waals surface area contributed by atoms with Gasteiger partial charge in [0.15, 0.2) is 6.10 Å². The van der Waals surface area contributed by atoms with E-state index in [-0.39, 0.29) is 5.91 Å². The fraction of sp³-hybridized carbons (Fsp3) is 0.143. The number of carbonyl (C=O) groups is 2. The zero-order valence-corrected chi connectivity index (χ0v) is 20.6. The maximum Gasteiger partial charge on any atom is 0.266 e. The van der Waals surface area contributed by atoms with Crippen molar-refractivity contribution in [3.63, 3.8) is 0 Å². The third-order valence-corrected chi connectivity index (χ3v) is 7.06. The van der Waals surface area contributed by atoms with Gasteiger partial charge in [0.1, 0.15) is 23.5 Å². The molecule has 0 unspecified atom stereocenters. The monoisotopic (exact) mass is 518 g/mol. The highest BCUT2D eigenvalue weighted by molar-refractivity contribution is 6.35. The minimum atomic E-state index is -0.980. The fourth-order valence-electron chi connectivity index (χ4n) is 4.87. The van der Waals surface area contributed by atoms with Crippen LogP contribution < -0.4 is 9.96 Å². The Labute approximate surface area is 217 Å². The van der Waals surface area contributed by atoms with Crippen LogP contribution in [0, 0.1) is 12.8 Å². The number of para-hydroxylation sites is 1. The van der Waals surface area contributed by atoms with Crippen molar-refractivity contribution in [3.05, 3.63) is 106 Å². The van der Waals surface area contributed by atoms with Crippen LogP contribution in [-0.2, 0) is 14.4 Å². The predicted molar refractivity (Wildman–Crippen MR) is 138 cm³/mol. The summed E-state index contributed by atoms with van der Waals surface area (Å²) in [5.41, 5.74) is 2.81. The number of anilines is 2. The van der Waals surface area contributed by atoms with Crippen LogP contribution in [0.1, 0.15) is 17.4 Å². The van der Waals surface area contributed by atoms with Gasteiger partial charge in [0, 0.05) is 10.6 Å². The van der Waals surface area contributed by atoms with Gasteiger partial charge in [-0.3, -0.25) is 14.4 Å². The summed E-state index contributed by atoms with van der Waals surface area (Å²) in [4.78, 5) is 34.6. The van der Waals surface area contributed by atoms with Crippen molar-refractivity contribution < 1.29 is 18.8 Å². The van der Waals surface area contributed by atoms with Crippen LogP contribution >= 0.6 is 23.2 Å². The maximum atomic E-state index is 13.8. The first-order valence-electron chi connectivity index (χ1n) is 11.4. The van der Waals surface area contributed by atoms with Gasteiger partial charge in [-0.05, 0) is 67.1 Å². The lowest BCUT2D eigenvalue weighted by atomic mass is 9.94. The maximum absolute atomic E-state index is 13.8. The van der Waals surface area contributed by atoms with Crippen molar-refractivity contribution in [1.82, 2.24) is 0 Å². The van der Waals surface area contributed by atoms with Crippen molar-refractivity contribution in [2.24, 2.45) is 5.92 Å². The van der Waals surface area contributed by atoms with Crippen LogP contribution in [0.15, 0.2) is 89.3 Å². The summed E-state index contributed by atoms with van der Waals surface area (Å²) in [5.74, 6) is -0.556. The highest BCUT2D eigenvalue weighted by atomic mass is 35.5. The topological polar surface area (TPSA) is 63.0 Å². The molecule has 0 N–H and O–H groups in total. The molecule has 6 rings (SSSR count). The lowest BCUT2D eigenvalue weighted by Gasteiger charge is -2.27. The highest BCUT2D eigenvalue weighted by Gasteiger charge is 2.61. The Morgan fingerprint density at radius 2 is 1.58 bits per heavy atom. The number of imide groups is 1. The Morgan fingerprint density at radius 3 is 2.36 bits per heavy atom. The molecule has 2 aliphatic rings. The lowest BCUT2D eigenvalue weighted by molar-refractivity contribution is -0.126. The smallest absolute Gasteiger partial charge is 0.266 e. The van der Waals surface area contributed by atoms with Gasteiger partial charge in [-0.1, -0.05) is 53.5 Å². The molecule has 2 aliphatic heterocycles. The molecule has 4 aromatic rings. The van der Waals surface area contributed by atoms with E-state index in [1.807, 2.05) is 55.5 Å². The first-order chi connectivity index (χ1) is 17.4. The zero-order chi connectivity index (χ0) is 25.0. The summed E-state index contributed by atoms with van der Waals surface area (Å²) >= 11 is 12.6. The Hall–Kier alpha value is -3.58. The van der Waals surface area contributed by atoms with Crippen LogP contribution in [0.3, 0.4) is 0 Å². The van der Waals surface area contributed by atoms with Gasteiger partial charge in [0.05, 0.1) is 16.4 Å². The molecule has 3 aromatic carbocycles. The van der Waals surface area contributed by atoms with E-state index in [0.717, 1.165) is 5.56 Å². The summed E-state index contributed by atoms with van der Waals surface area (Å²) in [5, 5.41) is 2.60. The van der Waals surface area contributed by atoms with Crippen LogP contribution in [0.5, 0.6) is 0 Å². The number of hydrogen-bond donors (Lipinski definition) is 0. The number of carbonyl (C=O) groups excluding carboxylic acids is 2. The molecule has 36 heavy (non-hydrogen) atoms. The molecule has 0 bridgehead atoms. The molecular weight excluding hydrogens is 499 g/mol. The second kappa shape index (κ2) is 8.82. The molecule has 3 heterocycles. The standard InChI is InChI=1S/C28H20Cl2N2O4/c1-16-6-5-9-19(14-16)31-27(33)24-25(32(36-26(24)28(31)34)18-7-3-2-4-8-18)23-13-12-22(35-23)20-15-17(29)10-11-21(20)30/h2-15,24-26H,1H3/t24-,25-,26+/m0/s1. The number of hydrogen-bond acceptors (Lipinski definition) is 5. The largest absolute Gasteiger partial charge is 0.459 e. The second-order valence-electron chi connectivity index (χ2n) is 8.84. The van der Waals surface area contributed by atoms with Crippen LogP contribution in [0.2, 0.25) is 10.0 Å². The molecule has 0 spiro atoms. The third kappa shape index (κ3) is 3.69. The van der Waals surface area contributed by atoms with E-state index in [4.69, 9.17) is 32.5 Å². The highest BCUT2D eigenvalue weighted by Crippen LogP contribution is 2.48. The van der Waals surface area contributed by atoms with E-state index in [9.17, 15) is 9.59 Å². The molecule has 8 heteroatoms. The van der Waals surface area contributed by atoms with Crippen LogP contribution in [-0.4, -0.2) is 17.9 Å². The van der Waals surface area contributed by atoms with E-state index in [1.54, 1.807) is 41.5 Å². The first-order valence-corrected chi connectivity index (χ1v) is 12.2. The Bertz CT molecular complexity index is 1490. The SMILES string of the molecule is Cc1cccc(N2C(=O)[C@@H]3[C@@H](ON(c4ccccc4)[C@H]3c3ccc(-c4cc(Cl)ccc4Cl)o3)C2=O)c1. The van der Waals surface area contributed by atoms with Gasteiger partial charge in [-0.2, -0.15) is 0 Å². The Balaban J connectivity index is 1.43. The number of rotatable bonds is 4. The molecule has 0 aliphatic carbocycles. The number of furan rings is 1.